The molecule has 0 spiro atoms. The fraction of sp³-hybridized carbons (Fsp3) is 0.125. The zero-order valence-corrected chi connectivity index (χ0v) is 17.1. The van der Waals surface area contributed by atoms with Gasteiger partial charge in [0.2, 0.25) is 12.3 Å². The molecule has 1 aliphatic rings. The minimum atomic E-state index is -0.765. The van der Waals surface area contributed by atoms with Gasteiger partial charge in [-0.25, -0.2) is 0 Å². The molecule has 3 aromatic rings. The van der Waals surface area contributed by atoms with Gasteiger partial charge in [-0.1, -0.05) is 71.8 Å². The summed E-state index contributed by atoms with van der Waals surface area (Å²) in [5.74, 6) is -0.576. The van der Waals surface area contributed by atoms with E-state index in [0.29, 0.717) is 10.6 Å². The SMILES string of the molecule is Cc1cccc(C(=O)N[C@H]2C(=O)N/[N+](=C\c3ccccc3Cl)[C@@H]2c2ccccc2)c1. The molecular formula is C24H21ClN3O2+. The summed E-state index contributed by atoms with van der Waals surface area (Å²) in [7, 11) is 0. The van der Waals surface area contributed by atoms with Crippen LogP contribution < -0.4 is 10.7 Å². The molecule has 0 saturated carbocycles. The van der Waals surface area contributed by atoms with Crippen LogP contribution in [0.5, 0.6) is 0 Å². The van der Waals surface area contributed by atoms with Crippen LogP contribution in [-0.4, -0.2) is 28.8 Å². The van der Waals surface area contributed by atoms with Crippen molar-refractivity contribution in [3.63, 3.8) is 0 Å². The molecule has 1 heterocycles. The van der Waals surface area contributed by atoms with Crippen molar-refractivity contribution in [3.8, 4) is 0 Å². The summed E-state index contributed by atoms with van der Waals surface area (Å²) in [6.45, 7) is 1.92. The van der Waals surface area contributed by atoms with Gasteiger partial charge in [-0.2, -0.15) is 0 Å². The van der Waals surface area contributed by atoms with Crippen LogP contribution in [0.3, 0.4) is 0 Å². The van der Waals surface area contributed by atoms with Gasteiger partial charge in [-0.3, -0.25) is 9.59 Å². The minimum absolute atomic E-state index is 0.284. The molecule has 2 amide bonds. The van der Waals surface area contributed by atoms with Gasteiger partial charge < -0.3 is 5.32 Å². The summed E-state index contributed by atoms with van der Waals surface area (Å²) in [4.78, 5) is 25.7. The van der Waals surface area contributed by atoms with Crippen LogP contribution in [-0.2, 0) is 4.79 Å². The van der Waals surface area contributed by atoms with E-state index in [0.717, 1.165) is 16.7 Å². The summed E-state index contributed by atoms with van der Waals surface area (Å²) >= 11 is 6.31. The van der Waals surface area contributed by atoms with Crippen molar-refractivity contribution in [1.82, 2.24) is 10.7 Å². The molecule has 0 radical (unpaired) electrons. The van der Waals surface area contributed by atoms with E-state index in [1.165, 1.54) is 0 Å². The molecule has 2 atom stereocenters. The molecule has 5 nitrogen and oxygen atoms in total. The first-order valence-corrected chi connectivity index (χ1v) is 10.0. The second-order valence-electron chi connectivity index (χ2n) is 7.21. The van der Waals surface area contributed by atoms with E-state index in [4.69, 9.17) is 11.6 Å². The Hall–Kier alpha value is -3.44. The van der Waals surface area contributed by atoms with E-state index in [9.17, 15) is 9.59 Å². The molecule has 3 aromatic carbocycles. The third-order valence-electron chi connectivity index (χ3n) is 5.03. The van der Waals surface area contributed by atoms with Crippen molar-refractivity contribution >= 4 is 29.6 Å². The zero-order valence-electron chi connectivity index (χ0n) is 16.4. The molecule has 4 rings (SSSR count). The Balaban J connectivity index is 1.71. The molecule has 150 valence electrons. The summed E-state index contributed by atoms with van der Waals surface area (Å²) < 4.78 is 1.71. The highest BCUT2D eigenvalue weighted by atomic mass is 35.5. The number of nitrogens with one attached hydrogen (secondary N) is 2. The first-order valence-electron chi connectivity index (χ1n) is 9.63. The van der Waals surface area contributed by atoms with E-state index in [2.05, 4.69) is 10.7 Å². The van der Waals surface area contributed by atoms with Crippen LogP contribution in [0, 0.1) is 6.92 Å². The summed E-state index contributed by atoms with van der Waals surface area (Å²) in [5, 5.41) is 3.48. The lowest BCUT2D eigenvalue weighted by molar-refractivity contribution is -0.596. The maximum absolute atomic E-state index is 12.9. The summed E-state index contributed by atoms with van der Waals surface area (Å²) in [5.41, 5.74) is 6.02. The molecule has 6 heteroatoms. The Bertz CT molecular complexity index is 1130. The third-order valence-corrected chi connectivity index (χ3v) is 5.37. The van der Waals surface area contributed by atoms with E-state index >= 15 is 0 Å². The maximum Gasteiger partial charge on any atom is 0.304 e. The largest absolute Gasteiger partial charge is 0.334 e. The van der Waals surface area contributed by atoms with Gasteiger partial charge in [0.25, 0.3) is 5.91 Å². The number of hydrogen-bond donors (Lipinski definition) is 2. The Labute approximate surface area is 180 Å². The first-order chi connectivity index (χ1) is 14.5. The number of aryl methyl sites for hydroxylation is 1. The molecular weight excluding hydrogens is 398 g/mol. The predicted molar refractivity (Wildman–Crippen MR) is 117 cm³/mol. The number of nitrogens with zero attached hydrogens (tertiary/aromatic N) is 1. The number of hydrogen-bond acceptors (Lipinski definition) is 2. The van der Waals surface area contributed by atoms with E-state index in [1.807, 2.05) is 67.6 Å². The molecule has 30 heavy (non-hydrogen) atoms. The maximum atomic E-state index is 12.9. The lowest BCUT2D eigenvalue weighted by Gasteiger charge is -2.15. The molecule has 1 saturated heterocycles. The molecule has 2 N–H and O–H groups in total. The lowest BCUT2D eigenvalue weighted by atomic mass is 9.99. The van der Waals surface area contributed by atoms with Gasteiger partial charge in [0.15, 0.2) is 6.04 Å². The Morgan fingerprint density at radius 1 is 1.03 bits per heavy atom. The van der Waals surface area contributed by atoms with Crippen molar-refractivity contribution in [3.05, 3.63) is 106 Å². The second kappa shape index (κ2) is 8.51. The number of carbonyl (C=O) groups excluding carboxylic acids is 2. The molecule has 0 aliphatic carbocycles. The van der Waals surface area contributed by atoms with Crippen molar-refractivity contribution in [2.24, 2.45) is 0 Å². The van der Waals surface area contributed by atoms with Crippen molar-refractivity contribution in [1.29, 1.82) is 0 Å². The van der Waals surface area contributed by atoms with Gasteiger partial charge >= 0.3 is 5.91 Å². The van der Waals surface area contributed by atoms with Gasteiger partial charge in [0, 0.05) is 11.1 Å². The normalized spacial score (nSPS) is 19.5. The standard InChI is InChI=1S/C24H20ClN3O2/c1-16-8-7-12-18(14-16)23(29)26-21-22(17-9-3-2-4-10-17)28(27-24(21)30)15-19-11-5-6-13-20(19)25/h2-15,21-22H,1H3,(H-,26,27,29,30)/p+1/b28-15-/t21-,22-/m1/s1. The van der Waals surface area contributed by atoms with Crippen LogP contribution in [0.4, 0.5) is 0 Å². The number of hydrazine groups is 1. The highest BCUT2D eigenvalue weighted by Gasteiger charge is 2.47. The number of halogens is 1. The van der Waals surface area contributed by atoms with Crippen LogP contribution in [0.15, 0.2) is 78.9 Å². The second-order valence-corrected chi connectivity index (χ2v) is 7.62. The van der Waals surface area contributed by atoms with E-state index in [1.54, 1.807) is 29.1 Å². The number of amides is 2. The Morgan fingerprint density at radius 3 is 2.50 bits per heavy atom. The van der Waals surface area contributed by atoms with Crippen molar-refractivity contribution in [2.45, 2.75) is 19.0 Å². The van der Waals surface area contributed by atoms with Crippen LogP contribution >= 0.6 is 11.6 Å². The molecule has 1 fully saturated rings. The minimum Gasteiger partial charge on any atom is -0.334 e. The fourth-order valence-electron chi connectivity index (χ4n) is 3.57. The number of hydrazone groups is 1. The highest BCUT2D eigenvalue weighted by molar-refractivity contribution is 6.32. The number of carbonyl (C=O) groups is 2. The van der Waals surface area contributed by atoms with E-state index < -0.39 is 12.1 Å². The summed E-state index contributed by atoms with van der Waals surface area (Å²) in [6, 6.07) is 23.1. The predicted octanol–water partition coefficient (Wildman–Crippen LogP) is 3.66. The van der Waals surface area contributed by atoms with Crippen LogP contribution in [0.2, 0.25) is 5.02 Å². The fourth-order valence-corrected chi connectivity index (χ4v) is 3.76. The highest BCUT2D eigenvalue weighted by Crippen LogP contribution is 2.26. The van der Waals surface area contributed by atoms with E-state index in [-0.39, 0.29) is 11.8 Å². The third kappa shape index (κ3) is 4.11. The number of benzene rings is 3. The Morgan fingerprint density at radius 2 is 1.77 bits per heavy atom. The molecule has 0 aromatic heterocycles. The van der Waals surface area contributed by atoms with Crippen LogP contribution in [0.1, 0.15) is 33.1 Å². The molecule has 1 aliphatic heterocycles. The van der Waals surface area contributed by atoms with Gasteiger partial charge in [-0.15, -0.1) is 10.1 Å². The quantitative estimate of drug-likeness (QED) is 0.635. The van der Waals surface area contributed by atoms with Crippen molar-refractivity contribution < 1.29 is 14.3 Å². The van der Waals surface area contributed by atoms with Gasteiger partial charge in [0.1, 0.15) is 0 Å². The topological polar surface area (TPSA) is 61.2 Å². The zero-order chi connectivity index (χ0) is 21.1. The van der Waals surface area contributed by atoms with Gasteiger partial charge in [0.05, 0.1) is 10.6 Å². The summed E-state index contributed by atoms with van der Waals surface area (Å²) in [6.07, 6.45) is 1.79. The van der Waals surface area contributed by atoms with Gasteiger partial charge in [-0.05, 0) is 31.2 Å². The number of rotatable bonds is 4. The lowest BCUT2D eigenvalue weighted by Crippen LogP contribution is -2.42. The molecule has 0 unspecified atom stereocenters. The first kappa shape index (κ1) is 19.9. The smallest absolute Gasteiger partial charge is 0.304 e. The monoisotopic (exact) mass is 418 g/mol. The Kier molecular flexibility index (Phi) is 5.63. The molecule has 0 bridgehead atoms. The van der Waals surface area contributed by atoms with Crippen molar-refractivity contribution in [2.75, 3.05) is 0 Å². The average Bonchev–Trinajstić information content (AvgIpc) is 3.05. The van der Waals surface area contributed by atoms with Crippen LogP contribution in [0.25, 0.3) is 0 Å². The average molecular weight is 419 g/mol.